The predicted octanol–water partition coefficient (Wildman–Crippen LogP) is 3.98. The molecule has 1 amide bonds. The van der Waals surface area contributed by atoms with E-state index in [1.54, 1.807) is 6.07 Å². The van der Waals surface area contributed by atoms with Gasteiger partial charge in [0.25, 0.3) is 0 Å². The third-order valence-electron chi connectivity index (χ3n) is 5.49. The van der Waals surface area contributed by atoms with E-state index in [1.807, 2.05) is 37.3 Å². The van der Waals surface area contributed by atoms with E-state index < -0.39 is 0 Å². The summed E-state index contributed by atoms with van der Waals surface area (Å²) in [4.78, 5) is 24.5. The molecule has 0 fully saturated rings. The first-order valence-electron chi connectivity index (χ1n) is 10.0. The molecule has 0 saturated heterocycles. The van der Waals surface area contributed by atoms with Crippen molar-refractivity contribution in [3.63, 3.8) is 0 Å². The average molecular weight is 391 g/mol. The van der Waals surface area contributed by atoms with Gasteiger partial charge in [0.1, 0.15) is 11.9 Å². The van der Waals surface area contributed by atoms with Gasteiger partial charge in [-0.2, -0.15) is 0 Å². The number of aryl methyl sites for hydroxylation is 1. The van der Waals surface area contributed by atoms with Crippen LogP contribution in [0.1, 0.15) is 40.7 Å². The van der Waals surface area contributed by atoms with E-state index in [0.717, 1.165) is 59.3 Å². The minimum absolute atomic E-state index is 0.00879. The monoisotopic (exact) mass is 391 g/mol. The van der Waals surface area contributed by atoms with Gasteiger partial charge in [-0.3, -0.25) is 4.79 Å². The molecule has 4 rings (SSSR count). The SMILES string of the molecule is COC(=O)c1ccccc1-c1cc(C)cc2c1O[C@H](CNC(=O)C1=CCCC1)C2. The van der Waals surface area contributed by atoms with Crippen molar-refractivity contribution in [3.05, 3.63) is 64.7 Å². The largest absolute Gasteiger partial charge is 0.487 e. The number of benzene rings is 2. The molecule has 0 spiro atoms. The maximum atomic E-state index is 12.3. The van der Waals surface area contributed by atoms with Gasteiger partial charge >= 0.3 is 5.97 Å². The highest BCUT2D eigenvalue weighted by molar-refractivity contribution is 5.98. The molecule has 2 aromatic carbocycles. The number of hydrogen-bond acceptors (Lipinski definition) is 4. The van der Waals surface area contributed by atoms with Crippen molar-refractivity contribution in [2.24, 2.45) is 0 Å². The summed E-state index contributed by atoms with van der Waals surface area (Å²) in [6.45, 7) is 2.49. The molecule has 150 valence electrons. The van der Waals surface area contributed by atoms with Gasteiger partial charge in [0, 0.05) is 17.6 Å². The Morgan fingerprint density at radius 1 is 1.21 bits per heavy atom. The summed E-state index contributed by atoms with van der Waals surface area (Å²) in [5.74, 6) is 0.420. The van der Waals surface area contributed by atoms with Gasteiger partial charge in [-0.1, -0.05) is 30.3 Å². The number of carbonyl (C=O) groups is 2. The number of allylic oxidation sites excluding steroid dienone is 1. The van der Waals surface area contributed by atoms with E-state index in [2.05, 4.69) is 11.4 Å². The van der Waals surface area contributed by atoms with Gasteiger partial charge in [0.05, 0.1) is 19.2 Å². The molecule has 0 unspecified atom stereocenters. The van der Waals surface area contributed by atoms with Crippen molar-refractivity contribution < 1.29 is 19.1 Å². The number of fused-ring (bicyclic) bond motifs is 1. The standard InChI is InChI=1S/C24H25NO4/c1-15-11-17-13-18(14-25-23(26)16-7-3-4-8-16)29-22(17)21(12-15)19-9-5-6-10-20(19)24(27)28-2/h5-7,9-12,18H,3-4,8,13-14H2,1-2H3,(H,25,26)/t18-/m0/s1. The minimum atomic E-state index is -0.373. The minimum Gasteiger partial charge on any atom is -0.487 e. The maximum Gasteiger partial charge on any atom is 0.338 e. The summed E-state index contributed by atoms with van der Waals surface area (Å²) in [5.41, 5.74) is 5.26. The number of rotatable bonds is 5. The second-order valence-corrected chi connectivity index (χ2v) is 7.61. The Kier molecular flexibility index (Phi) is 5.38. The van der Waals surface area contributed by atoms with E-state index in [0.29, 0.717) is 12.1 Å². The van der Waals surface area contributed by atoms with Crippen LogP contribution in [0.4, 0.5) is 0 Å². The van der Waals surface area contributed by atoms with Crippen molar-refractivity contribution in [3.8, 4) is 16.9 Å². The Labute approximate surface area is 170 Å². The normalized spacial score (nSPS) is 17.3. The van der Waals surface area contributed by atoms with Crippen LogP contribution in [0.25, 0.3) is 11.1 Å². The van der Waals surface area contributed by atoms with Gasteiger partial charge in [-0.05, 0) is 55.0 Å². The lowest BCUT2D eigenvalue weighted by Crippen LogP contribution is -2.35. The Morgan fingerprint density at radius 3 is 2.79 bits per heavy atom. The van der Waals surface area contributed by atoms with Crippen molar-refractivity contribution in [2.45, 2.75) is 38.7 Å². The first-order chi connectivity index (χ1) is 14.1. The number of methoxy groups -OCH3 is 1. The molecule has 0 bridgehead atoms. The molecule has 0 saturated carbocycles. The molecular weight excluding hydrogens is 366 g/mol. The zero-order valence-electron chi connectivity index (χ0n) is 16.8. The van der Waals surface area contributed by atoms with Crippen LogP contribution in [-0.4, -0.2) is 31.6 Å². The van der Waals surface area contributed by atoms with Crippen LogP contribution in [0, 0.1) is 6.92 Å². The Morgan fingerprint density at radius 2 is 2.03 bits per heavy atom. The molecule has 2 aromatic rings. The molecule has 0 aromatic heterocycles. The quantitative estimate of drug-likeness (QED) is 0.783. The highest BCUT2D eigenvalue weighted by Gasteiger charge is 2.28. The lowest BCUT2D eigenvalue weighted by molar-refractivity contribution is -0.117. The van der Waals surface area contributed by atoms with Crippen molar-refractivity contribution in [1.29, 1.82) is 0 Å². The summed E-state index contributed by atoms with van der Waals surface area (Å²) < 4.78 is 11.2. The first kappa shape index (κ1) is 19.2. The van der Waals surface area contributed by atoms with Gasteiger partial charge in [-0.15, -0.1) is 0 Å². The summed E-state index contributed by atoms with van der Waals surface area (Å²) in [6.07, 6.45) is 5.51. The first-order valence-corrected chi connectivity index (χ1v) is 10.0. The lowest BCUT2D eigenvalue weighted by Gasteiger charge is -2.15. The van der Waals surface area contributed by atoms with E-state index in [1.165, 1.54) is 7.11 Å². The third-order valence-corrected chi connectivity index (χ3v) is 5.49. The fourth-order valence-corrected chi connectivity index (χ4v) is 4.11. The van der Waals surface area contributed by atoms with Gasteiger partial charge in [0.2, 0.25) is 5.91 Å². The Hall–Kier alpha value is -3.08. The number of esters is 1. The number of ether oxygens (including phenoxy) is 2. The Balaban J connectivity index is 1.58. The van der Waals surface area contributed by atoms with Crippen LogP contribution >= 0.6 is 0 Å². The highest BCUT2D eigenvalue weighted by Crippen LogP contribution is 2.41. The van der Waals surface area contributed by atoms with Crippen molar-refractivity contribution in [1.82, 2.24) is 5.32 Å². The molecule has 2 aliphatic rings. The number of carbonyl (C=O) groups excluding carboxylic acids is 2. The molecule has 1 aliphatic heterocycles. The topological polar surface area (TPSA) is 64.6 Å². The second-order valence-electron chi connectivity index (χ2n) is 7.61. The van der Waals surface area contributed by atoms with Gasteiger partial charge < -0.3 is 14.8 Å². The van der Waals surface area contributed by atoms with Crippen LogP contribution in [0.3, 0.4) is 0 Å². The van der Waals surface area contributed by atoms with E-state index in [4.69, 9.17) is 9.47 Å². The fraction of sp³-hybridized carbons (Fsp3) is 0.333. The summed E-state index contributed by atoms with van der Waals surface area (Å²) >= 11 is 0. The van der Waals surface area contributed by atoms with Crippen molar-refractivity contribution >= 4 is 11.9 Å². The highest BCUT2D eigenvalue weighted by atomic mass is 16.5. The second kappa shape index (κ2) is 8.11. The molecule has 29 heavy (non-hydrogen) atoms. The zero-order chi connectivity index (χ0) is 20.4. The number of hydrogen-bond donors (Lipinski definition) is 1. The van der Waals surface area contributed by atoms with E-state index >= 15 is 0 Å². The summed E-state index contributed by atoms with van der Waals surface area (Å²) in [6, 6.07) is 11.5. The smallest absolute Gasteiger partial charge is 0.338 e. The van der Waals surface area contributed by atoms with Crippen molar-refractivity contribution in [2.75, 3.05) is 13.7 Å². The van der Waals surface area contributed by atoms with E-state index in [-0.39, 0.29) is 18.0 Å². The molecule has 1 atom stereocenters. The molecule has 1 N–H and O–H groups in total. The molecule has 1 heterocycles. The maximum absolute atomic E-state index is 12.3. The summed E-state index contributed by atoms with van der Waals surface area (Å²) in [7, 11) is 1.38. The van der Waals surface area contributed by atoms with Crippen LogP contribution < -0.4 is 10.1 Å². The average Bonchev–Trinajstić information content (AvgIpc) is 3.40. The van der Waals surface area contributed by atoms with Crippen LogP contribution in [0.2, 0.25) is 0 Å². The third kappa shape index (κ3) is 3.90. The lowest BCUT2D eigenvalue weighted by atomic mass is 9.94. The zero-order valence-corrected chi connectivity index (χ0v) is 16.8. The molecule has 5 nitrogen and oxygen atoms in total. The molecular formula is C24H25NO4. The van der Waals surface area contributed by atoms with Crippen LogP contribution in [-0.2, 0) is 16.0 Å². The molecule has 0 radical (unpaired) electrons. The van der Waals surface area contributed by atoms with Gasteiger partial charge in [-0.25, -0.2) is 4.79 Å². The Bertz CT molecular complexity index is 992. The number of nitrogens with one attached hydrogen (secondary N) is 1. The predicted molar refractivity (Wildman–Crippen MR) is 111 cm³/mol. The molecule has 5 heteroatoms. The van der Waals surface area contributed by atoms with Gasteiger partial charge in [0.15, 0.2) is 0 Å². The molecule has 1 aliphatic carbocycles. The number of amides is 1. The fourth-order valence-electron chi connectivity index (χ4n) is 4.11. The summed E-state index contributed by atoms with van der Waals surface area (Å²) in [5, 5.41) is 3.01. The van der Waals surface area contributed by atoms with Crippen LogP contribution in [0.5, 0.6) is 5.75 Å². The van der Waals surface area contributed by atoms with Crippen LogP contribution in [0.15, 0.2) is 48.0 Å². The van der Waals surface area contributed by atoms with E-state index in [9.17, 15) is 9.59 Å².